The first-order chi connectivity index (χ1) is 11.2. The molecule has 1 aliphatic heterocycles. The van der Waals surface area contributed by atoms with E-state index in [1.54, 1.807) is 0 Å². The molecule has 126 valence electrons. The van der Waals surface area contributed by atoms with Crippen LogP contribution in [-0.2, 0) is 0 Å². The van der Waals surface area contributed by atoms with Gasteiger partial charge in [0.15, 0.2) is 0 Å². The molecule has 6 nitrogen and oxygen atoms in total. The summed E-state index contributed by atoms with van der Waals surface area (Å²) in [4.78, 5) is 4.67. The Bertz CT molecular complexity index is 635. The van der Waals surface area contributed by atoms with E-state index >= 15 is 0 Å². The number of aryl methyl sites for hydroxylation is 1. The smallest absolute Gasteiger partial charge is 0.0805 e. The molecule has 1 saturated heterocycles. The van der Waals surface area contributed by atoms with Gasteiger partial charge in [-0.1, -0.05) is 6.07 Å². The molecule has 1 aromatic carbocycles. The van der Waals surface area contributed by atoms with Gasteiger partial charge in [0.2, 0.25) is 0 Å². The summed E-state index contributed by atoms with van der Waals surface area (Å²) in [6.07, 6.45) is 2.12. The highest BCUT2D eigenvalue weighted by molar-refractivity contribution is 5.82. The third-order valence-corrected chi connectivity index (χ3v) is 4.89. The molecule has 1 aromatic heterocycles. The van der Waals surface area contributed by atoms with Gasteiger partial charge >= 0.3 is 0 Å². The van der Waals surface area contributed by atoms with Crippen molar-refractivity contribution < 1.29 is 10.2 Å². The molecule has 23 heavy (non-hydrogen) atoms. The van der Waals surface area contributed by atoms with Gasteiger partial charge < -0.3 is 15.1 Å². The van der Waals surface area contributed by atoms with Crippen molar-refractivity contribution in [3.8, 4) is 0 Å². The molecule has 1 fully saturated rings. The Morgan fingerprint density at radius 3 is 2.57 bits per heavy atom. The Labute approximate surface area is 136 Å². The third kappa shape index (κ3) is 3.72. The quantitative estimate of drug-likeness (QED) is 0.738. The van der Waals surface area contributed by atoms with Crippen LogP contribution in [0.15, 0.2) is 18.3 Å². The average molecular weight is 318 g/mol. The Morgan fingerprint density at radius 2 is 1.87 bits per heavy atom. The number of benzene rings is 1. The zero-order chi connectivity index (χ0) is 16.2. The minimum Gasteiger partial charge on any atom is -0.395 e. The number of nitrogens with zero attached hydrogens (tertiary/aromatic N) is 3. The summed E-state index contributed by atoms with van der Waals surface area (Å²) < 4.78 is 0. The summed E-state index contributed by atoms with van der Waals surface area (Å²) in [5.74, 6) is 0. The lowest BCUT2D eigenvalue weighted by atomic mass is 9.98. The number of aromatic amines is 1. The summed E-state index contributed by atoms with van der Waals surface area (Å²) in [5, 5.41) is 27.7. The first kappa shape index (κ1) is 16.4. The van der Waals surface area contributed by atoms with E-state index in [0.29, 0.717) is 0 Å². The highest BCUT2D eigenvalue weighted by atomic mass is 16.3. The van der Waals surface area contributed by atoms with Gasteiger partial charge in [-0.25, -0.2) is 0 Å². The monoisotopic (exact) mass is 318 g/mol. The Balaban J connectivity index is 1.55. The molecule has 0 aliphatic carbocycles. The van der Waals surface area contributed by atoms with Crippen LogP contribution in [0.2, 0.25) is 0 Å². The normalized spacial score (nSPS) is 18.6. The van der Waals surface area contributed by atoms with Gasteiger partial charge in [0, 0.05) is 44.7 Å². The fraction of sp³-hybridized carbons (Fsp3) is 0.588. The fourth-order valence-electron chi connectivity index (χ4n) is 3.37. The maximum Gasteiger partial charge on any atom is 0.0805 e. The largest absolute Gasteiger partial charge is 0.395 e. The molecule has 0 bridgehead atoms. The van der Waals surface area contributed by atoms with Crippen LogP contribution in [0.4, 0.5) is 0 Å². The van der Waals surface area contributed by atoms with E-state index in [9.17, 15) is 5.11 Å². The maximum absolute atomic E-state index is 10.6. The van der Waals surface area contributed by atoms with Crippen molar-refractivity contribution in [2.45, 2.75) is 19.4 Å². The van der Waals surface area contributed by atoms with Crippen molar-refractivity contribution >= 4 is 10.9 Å². The predicted molar refractivity (Wildman–Crippen MR) is 90.4 cm³/mol. The van der Waals surface area contributed by atoms with Gasteiger partial charge in [0.1, 0.15) is 0 Å². The molecule has 0 saturated carbocycles. The van der Waals surface area contributed by atoms with Gasteiger partial charge in [0.05, 0.1) is 24.4 Å². The predicted octanol–water partition coefficient (Wildman–Crippen LogP) is 0.905. The summed E-state index contributed by atoms with van der Waals surface area (Å²) in [5.41, 5.74) is 3.12. The lowest BCUT2D eigenvalue weighted by molar-refractivity contribution is 0.0922. The van der Waals surface area contributed by atoms with Gasteiger partial charge in [0.25, 0.3) is 0 Å². The van der Waals surface area contributed by atoms with E-state index in [1.807, 2.05) is 25.3 Å². The minimum atomic E-state index is -0.440. The van der Waals surface area contributed by atoms with Crippen molar-refractivity contribution in [3.05, 3.63) is 29.5 Å². The number of β-amino-alcohol motifs (C(OH)–C–C–N with tert-alkyl or cyclic N) is 1. The third-order valence-electron chi connectivity index (χ3n) is 4.89. The molecule has 0 spiro atoms. The summed E-state index contributed by atoms with van der Waals surface area (Å²) >= 11 is 0. The molecule has 3 rings (SSSR count). The van der Waals surface area contributed by atoms with Crippen LogP contribution < -0.4 is 0 Å². The van der Waals surface area contributed by atoms with Gasteiger partial charge in [-0.3, -0.25) is 10.00 Å². The zero-order valence-electron chi connectivity index (χ0n) is 13.7. The zero-order valence-corrected chi connectivity index (χ0v) is 13.7. The van der Waals surface area contributed by atoms with Gasteiger partial charge in [-0.05, 0) is 30.5 Å². The molecule has 2 heterocycles. The number of rotatable bonds is 6. The van der Waals surface area contributed by atoms with Crippen LogP contribution in [0, 0.1) is 6.92 Å². The second-order valence-electron chi connectivity index (χ2n) is 6.32. The minimum absolute atomic E-state index is 0.231. The molecule has 3 N–H and O–H groups in total. The number of hydrogen-bond donors (Lipinski definition) is 3. The van der Waals surface area contributed by atoms with Gasteiger partial charge in [-0.2, -0.15) is 5.10 Å². The number of piperazine rings is 1. The van der Waals surface area contributed by atoms with Crippen LogP contribution in [0.1, 0.15) is 23.7 Å². The Morgan fingerprint density at radius 1 is 1.17 bits per heavy atom. The van der Waals surface area contributed by atoms with Crippen LogP contribution in [0.3, 0.4) is 0 Å². The first-order valence-corrected chi connectivity index (χ1v) is 8.35. The molecule has 1 aliphatic rings. The number of aliphatic hydroxyl groups is 2. The summed E-state index contributed by atoms with van der Waals surface area (Å²) in [7, 11) is 0. The molecule has 6 heteroatoms. The molecule has 0 amide bonds. The SMILES string of the molecule is Cc1c(C(O)CCN2CCN(CCO)CC2)ccc2[nH]ncc12. The Hall–Kier alpha value is -1.47. The summed E-state index contributed by atoms with van der Waals surface area (Å²) in [6, 6.07) is 3.99. The lowest BCUT2D eigenvalue weighted by Gasteiger charge is -2.34. The molecular formula is C17H26N4O2. The van der Waals surface area contributed by atoms with Gasteiger partial charge in [-0.15, -0.1) is 0 Å². The first-order valence-electron chi connectivity index (χ1n) is 8.35. The standard InChI is InChI=1S/C17H26N4O2/c1-13-14(2-3-16-15(13)12-18-19-16)17(23)4-5-20-6-8-21(9-7-20)10-11-22/h2-3,12,17,22-23H,4-11H2,1H3,(H,18,19). The van der Waals surface area contributed by atoms with Crippen molar-refractivity contribution in [2.75, 3.05) is 45.9 Å². The topological polar surface area (TPSA) is 75.6 Å². The van der Waals surface area contributed by atoms with Crippen molar-refractivity contribution in [2.24, 2.45) is 0 Å². The number of aromatic nitrogens is 2. The molecule has 1 unspecified atom stereocenters. The highest BCUT2D eigenvalue weighted by Gasteiger charge is 2.18. The van der Waals surface area contributed by atoms with E-state index in [0.717, 1.165) is 67.7 Å². The van der Waals surface area contributed by atoms with Crippen molar-refractivity contribution in [3.63, 3.8) is 0 Å². The fourth-order valence-corrected chi connectivity index (χ4v) is 3.37. The number of H-pyrrole nitrogens is 1. The summed E-state index contributed by atoms with van der Waals surface area (Å²) in [6.45, 7) is 7.95. The number of fused-ring (bicyclic) bond motifs is 1. The van der Waals surface area contributed by atoms with Crippen molar-refractivity contribution in [1.82, 2.24) is 20.0 Å². The van der Waals surface area contributed by atoms with E-state index < -0.39 is 6.10 Å². The van der Waals surface area contributed by atoms with Crippen LogP contribution in [0.25, 0.3) is 10.9 Å². The molecule has 2 aromatic rings. The number of aliphatic hydroxyl groups excluding tert-OH is 2. The lowest BCUT2D eigenvalue weighted by Crippen LogP contribution is -2.47. The second-order valence-corrected chi connectivity index (χ2v) is 6.32. The van der Waals surface area contributed by atoms with Crippen LogP contribution in [-0.4, -0.2) is 76.1 Å². The highest BCUT2D eigenvalue weighted by Crippen LogP contribution is 2.26. The molecular weight excluding hydrogens is 292 g/mol. The van der Waals surface area contributed by atoms with E-state index in [-0.39, 0.29) is 6.61 Å². The van der Waals surface area contributed by atoms with E-state index in [2.05, 4.69) is 20.0 Å². The van der Waals surface area contributed by atoms with Crippen LogP contribution in [0.5, 0.6) is 0 Å². The average Bonchev–Trinajstić information content (AvgIpc) is 3.04. The maximum atomic E-state index is 10.6. The van der Waals surface area contributed by atoms with E-state index in [4.69, 9.17) is 5.11 Å². The molecule has 1 atom stereocenters. The van der Waals surface area contributed by atoms with Crippen LogP contribution >= 0.6 is 0 Å². The number of hydrogen-bond acceptors (Lipinski definition) is 5. The van der Waals surface area contributed by atoms with E-state index in [1.165, 1.54) is 0 Å². The Kier molecular flexibility index (Phi) is 5.27. The molecule has 0 radical (unpaired) electrons. The number of nitrogens with one attached hydrogen (secondary N) is 1. The second kappa shape index (κ2) is 7.40. The van der Waals surface area contributed by atoms with Crippen molar-refractivity contribution in [1.29, 1.82) is 0 Å².